The molecule has 2 unspecified atom stereocenters. The number of hydrogen-bond donors (Lipinski definition) is 0. The van der Waals surface area contributed by atoms with E-state index in [0.717, 1.165) is 11.1 Å². The molecule has 14 nitrogen and oxygen atoms in total. The van der Waals surface area contributed by atoms with Gasteiger partial charge in [0.15, 0.2) is 11.4 Å². The minimum absolute atomic E-state index is 0.0774. The second-order valence-electron chi connectivity index (χ2n) is 13.2. The Balaban J connectivity index is 1.18. The summed E-state index contributed by atoms with van der Waals surface area (Å²) in [5.41, 5.74) is 0.798. The Hall–Kier alpha value is -3.02. The fraction of sp³-hybridized carbons (Fsp3) is 0.632. The van der Waals surface area contributed by atoms with Crippen molar-refractivity contribution in [2.45, 2.75) is 11.4 Å². The Morgan fingerprint density at radius 2 is 0.865 bits per heavy atom. The molecule has 0 aliphatic carbocycles. The monoisotopic (exact) mass is 726 g/mol. The van der Waals surface area contributed by atoms with Crippen LogP contribution in [0.4, 0.5) is 0 Å². The first kappa shape index (κ1) is 38.7. The normalized spacial score (nSPS) is 27.0. The molecule has 0 spiro atoms. The van der Waals surface area contributed by atoms with Gasteiger partial charge in [0.2, 0.25) is 0 Å². The lowest BCUT2D eigenvalue weighted by Gasteiger charge is -2.39. The molecule has 0 bridgehead atoms. The van der Waals surface area contributed by atoms with Crippen LogP contribution in [0.3, 0.4) is 0 Å². The van der Waals surface area contributed by atoms with Crippen LogP contribution in [0.1, 0.15) is 31.8 Å². The highest BCUT2D eigenvalue weighted by molar-refractivity contribution is 6.00. The summed E-state index contributed by atoms with van der Waals surface area (Å²) in [6.07, 6.45) is 0. The van der Waals surface area contributed by atoms with Gasteiger partial charge in [-0.25, -0.2) is 0 Å². The molecule has 2 amide bonds. The number of fused-ring (bicyclic) bond motifs is 6. The largest absolute Gasteiger partial charge is 0.378 e. The van der Waals surface area contributed by atoms with Crippen molar-refractivity contribution >= 4 is 11.8 Å². The van der Waals surface area contributed by atoms with E-state index in [1.165, 1.54) is 0 Å². The minimum Gasteiger partial charge on any atom is -0.378 e. The van der Waals surface area contributed by atoms with Crippen LogP contribution in [-0.2, 0) is 49.3 Å². The van der Waals surface area contributed by atoms with Crippen LogP contribution in [0.15, 0.2) is 48.5 Å². The maximum Gasteiger partial charge on any atom is 0.256 e. The van der Waals surface area contributed by atoms with Crippen molar-refractivity contribution in [3.63, 3.8) is 0 Å². The van der Waals surface area contributed by atoms with Crippen LogP contribution in [0.2, 0.25) is 0 Å². The number of amides is 2. The number of rotatable bonds is 5. The van der Waals surface area contributed by atoms with E-state index < -0.39 is 11.4 Å². The van der Waals surface area contributed by atoms with Gasteiger partial charge in [0.25, 0.3) is 11.8 Å². The molecule has 6 rings (SSSR count). The number of nitrogens with zero attached hydrogens (tertiary/aromatic N) is 4. The molecule has 2 atom stereocenters. The van der Waals surface area contributed by atoms with Crippen LogP contribution < -0.4 is 0 Å². The number of ether oxygens (including phenoxy) is 8. The van der Waals surface area contributed by atoms with Gasteiger partial charge in [-0.05, 0) is 12.1 Å². The molecule has 286 valence electrons. The molecule has 0 saturated carbocycles. The molecule has 0 radical (unpaired) electrons. The fourth-order valence-corrected chi connectivity index (χ4v) is 7.49. The smallest absolute Gasteiger partial charge is 0.256 e. The standard InChI is InChI=1S/C38H54N4O10/c1-45-37-29-51-27-25-49-23-21-47-19-17-39(13-15-41(37)35(43)31-7-3-5-9-33(31)37)11-12-40-14-16-42-36(44)32-8-4-6-10-34(32)38(42,46-2)30-52-28-26-50-24-22-48-20-18-40/h3-10H,11-30H2,1-2H3. The molecule has 4 aliphatic heterocycles. The van der Waals surface area contributed by atoms with Crippen molar-refractivity contribution in [1.29, 1.82) is 0 Å². The Morgan fingerprint density at radius 1 is 0.500 bits per heavy atom. The Kier molecular flexibility index (Phi) is 14.0. The topological polar surface area (TPSA) is 121 Å². The van der Waals surface area contributed by atoms with Crippen molar-refractivity contribution < 1.29 is 47.5 Å². The van der Waals surface area contributed by atoms with Crippen molar-refractivity contribution in [1.82, 2.24) is 19.6 Å². The molecule has 4 aliphatic rings. The van der Waals surface area contributed by atoms with E-state index in [1.54, 1.807) is 24.0 Å². The summed E-state index contributed by atoms with van der Waals surface area (Å²) in [6.45, 7) is 9.70. The van der Waals surface area contributed by atoms with E-state index in [2.05, 4.69) is 9.80 Å². The fourth-order valence-electron chi connectivity index (χ4n) is 7.49. The van der Waals surface area contributed by atoms with Gasteiger partial charge in [0, 0.05) is 88.8 Å². The quantitative estimate of drug-likeness (QED) is 0.446. The van der Waals surface area contributed by atoms with Crippen LogP contribution in [0, 0.1) is 0 Å². The molecule has 0 N–H and O–H groups in total. The number of benzene rings is 2. The van der Waals surface area contributed by atoms with Crippen molar-refractivity contribution in [3.8, 4) is 0 Å². The second kappa shape index (κ2) is 18.8. The third kappa shape index (κ3) is 8.52. The van der Waals surface area contributed by atoms with Gasteiger partial charge in [-0.2, -0.15) is 0 Å². The number of methoxy groups -OCH3 is 2. The molecular weight excluding hydrogens is 672 g/mol. The van der Waals surface area contributed by atoms with Crippen LogP contribution in [-0.4, -0.2) is 177 Å². The molecular formula is C38H54N4O10. The lowest BCUT2D eigenvalue weighted by molar-refractivity contribution is -0.161. The number of carbonyl (C=O) groups excluding carboxylic acids is 2. The molecule has 14 heteroatoms. The first-order valence-electron chi connectivity index (χ1n) is 18.4. The van der Waals surface area contributed by atoms with E-state index in [-0.39, 0.29) is 25.0 Å². The Bertz CT molecular complexity index is 1360. The van der Waals surface area contributed by atoms with Gasteiger partial charge in [-0.3, -0.25) is 19.4 Å². The number of hydrogen-bond acceptors (Lipinski definition) is 12. The van der Waals surface area contributed by atoms with Crippen molar-refractivity contribution in [2.75, 3.05) is 146 Å². The van der Waals surface area contributed by atoms with Crippen molar-refractivity contribution in [3.05, 3.63) is 70.8 Å². The van der Waals surface area contributed by atoms with E-state index >= 15 is 0 Å². The molecule has 0 aromatic heterocycles. The third-order valence-electron chi connectivity index (χ3n) is 10.4. The summed E-state index contributed by atoms with van der Waals surface area (Å²) in [7, 11) is 3.26. The third-order valence-corrected chi connectivity index (χ3v) is 10.4. The summed E-state index contributed by atoms with van der Waals surface area (Å²) in [6, 6.07) is 15.2. The van der Waals surface area contributed by atoms with Crippen LogP contribution in [0.5, 0.6) is 0 Å². The summed E-state index contributed by atoms with van der Waals surface area (Å²) >= 11 is 0. The predicted molar refractivity (Wildman–Crippen MR) is 190 cm³/mol. The Morgan fingerprint density at radius 3 is 1.27 bits per heavy atom. The average Bonchev–Trinajstić information content (AvgIpc) is 3.55. The maximum absolute atomic E-state index is 13.8. The zero-order valence-corrected chi connectivity index (χ0v) is 30.6. The highest BCUT2D eigenvalue weighted by Crippen LogP contribution is 2.41. The maximum atomic E-state index is 13.8. The lowest BCUT2D eigenvalue weighted by atomic mass is 10.0. The van der Waals surface area contributed by atoms with Gasteiger partial charge in [-0.15, -0.1) is 0 Å². The highest BCUT2D eigenvalue weighted by Gasteiger charge is 2.51. The van der Waals surface area contributed by atoms with Crippen molar-refractivity contribution in [2.24, 2.45) is 0 Å². The molecule has 2 aromatic rings. The first-order valence-corrected chi connectivity index (χ1v) is 18.4. The molecule has 2 fully saturated rings. The van der Waals surface area contributed by atoms with Gasteiger partial charge in [0.05, 0.1) is 79.3 Å². The first-order chi connectivity index (χ1) is 25.5. The van der Waals surface area contributed by atoms with E-state index in [0.29, 0.717) is 130 Å². The number of carbonyl (C=O) groups is 2. The van der Waals surface area contributed by atoms with Crippen LogP contribution >= 0.6 is 0 Å². The van der Waals surface area contributed by atoms with E-state index in [1.807, 2.05) is 48.5 Å². The summed E-state index contributed by atoms with van der Waals surface area (Å²) < 4.78 is 47.8. The van der Waals surface area contributed by atoms with Gasteiger partial charge in [0.1, 0.15) is 0 Å². The molecule has 4 heterocycles. The predicted octanol–water partition coefficient (Wildman–Crippen LogP) is 1.63. The summed E-state index contributed by atoms with van der Waals surface area (Å²) in [5, 5.41) is 0. The zero-order valence-electron chi connectivity index (χ0n) is 30.6. The lowest BCUT2D eigenvalue weighted by Crippen LogP contribution is -2.53. The van der Waals surface area contributed by atoms with E-state index in [4.69, 9.17) is 37.9 Å². The summed E-state index contributed by atoms with van der Waals surface area (Å²) in [4.78, 5) is 35.9. The van der Waals surface area contributed by atoms with Gasteiger partial charge >= 0.3 is 0 Å². The molecule has 2 aromatic carbocycles. The minimum atomic E-state index is -1.04. The SMILES string of the molecule is COC12COCCOCCOCCN(CCN3CCOCCOCCOCC4(OC)c5ccccc5C(=O)N4CC3)CCN1C(=O)c1ccccc12. The van der Waals surface area contributed by atoms with Gasteiger partial charge in [-0.1, -0.05) is 36.4 Å². The Labute approximate surface area is 306 Å². The van der Waals surface area contributed by atoms with E-state index in [9.17, 15) is 9.59 Å². The second-order valence-corrected chi connectivity index (χ2v) is 13.2. The average molecular weight is 727 g/mol. The summed E-state index contributed by atoms with van der Waals surface area (Å²) in [5.74, 6) is -0.155. The molecule has 52 heavy (non-hydrogen) atoms. The zero-order chi connectivity index (χ0) is 36.2. The highest BCUT2D eigenvalue weighted by atomic mass is 16.6. The molecule has 2 saturated heterocycles. The van der Waals surface area contributed by atoms with Crippen LogP contribution in [0.25, 0.3) is 0 Å². The van der Waals surface area contributed by atoms with Gasteiger partial charge < -0.3 is 47.7 Å².